The number of nitrogens with zero attached hydrogens (tertiary/aromatic N) is 6. The van der Waals surface area contributed by atoms with Crippen LogP contribution in [-0.2, 0) is 28.5 Å². The molecule has 0 spiro atoms. The molecule has 3 aromatic heterocycles. The summed E-state index contributed by atoms with van der Waals surface area (Å²) in [4.78, 5) is 11.9. The van der Waals surface area contributed by atoms with Gasteiger partial charge in [-0.1, -0.05) is 0 Å². The van der Waals surface area contributed by atoms with E-state index in [1.807, 2.05) is 16.9 Å². The summed E-state index contributed by atoms with van der Waals surface area (Å²) in [6, 6.07) is 4.18. The van der Waals surface area contributed by atoms with Gasteiger partial charge >= 0.3 is 0 Å². The summed E-state index contributed by atoms with van der Waals surface area (Å²) in [7, 11) is -3.30. The lowest BCUT2D eigenvalue weighted by atomic mass is 9.88. The SMILES string of the molecule is CCS(=O)(=O)N1CC(CC#N)(n2nc(-c3ncnc4[nH]ccc34)c3c2CCNC3)C1. The monoisotopic (exact) mass is 426 g/mol. The molecule has 0 aromatic carbocycles. The summed E-state index contributed by atoms with van der Waals surface area (Å²) in [5, 5.41) is 18.7. The molecule has 0 atom stereocenters. The summed E-state index contributed by atoms with van der Waals surface area (Å²) in [5.41, 5.74) is 3.69. The van der Waals surface area contributed by atoms with Gasteiger partial charge in [0.1, 0.15) is 28.9 Å². The van der Waals surface area contributed by atoms with Crippen molar-refractivity contribution >= 4 is 21.1 Å². The number of aromatic amines is 1. The number of nitrogens with one attached hydrogen (secondary N) is 2. The summed E-state index contributed by atoms with van der Waals surface area (Å²) in [5.74, 6) is 0.0500. The van der Waals surface area contributed by atoms with Crippen molar-refractivity contribution in [1.29, 1.82) is 5.26 Å². The van der Waals surface area contributed by atoms with E-state index in [1.54, 1.807) is 6.92 Å². The van der Waals surface area contributed by atoms with Gasteiger partial charge in [-0.05, 0) is 13.0 Å². The molecule has 5 rings (SSSR count). The molecule has 3 aromatic rings. The van der Waals surface area contributed by atoms with E-state index in [4.69, 9.17) is 5.10 Å². The second kappa shape index (κ2) is 6.87. The Bertz CT molecular complexity index is 1260. The highest BCUT2D eigenvalue weighted by molar-refractivity contribution is 7.89. The van der Waals surface area contributed by atoms with Crippen LogP contribution in [0.1, 0.15) is 24.6 Å². The molecular weight excluding hydrogens is 404 g/mol. The maximum Gasteiger partial charge on any atom is 0.213 e. The molecule has 0 aliphatic carbocycles. The molecule has 30 heavy (non-hydrogen) atoms. The van der Waals surface area contributed by atoms with E-state index in [-0.39, 0.29) is 25.3 Å². The van der Waals surface area contributed by atoms with E-state index in [0.717, 1.165) is 46.6 Å². The number of H-pyrrole nitrogens is 1. The second-order valence-electron chi connectivity index (χ2n) is 7.80. The maximum atomic E-state index is 12.3. The highest BCUT2D eigenvalue weighted by atomic mass is 32.2. The molecule has 11 heteroatoms. The first-order chi connectivity index (χ1) is 14.5. The van der Waals surface area contributed by atoms with Gasteiger partial charge in [-0.2, -0.15) is 14.7 Å². The van der Waals surface area contributed by atoms with Gasteiger partial charge in [0.25, 0.3) is 0 Å². The quantitative estimate of drug-likeness (QED) is 0.615. The lowest BCUT2D eigenvalue weighted by molar-refractivity contribution is 0.0686. The Morgan fingerprint density at radius 3 is 2.90 bits per heavy atom. The maximum absolute atomic E-state index is 12.3. The molecule has 156 valence electrons. The number of sulfonamides is 1. The van der Waals surface area contributed by atoms with Crippen LogP contribution < -0.4 is 5.32 Å². The Labute approximate surface area is 174 Å². The molecule has 2 aliphatic heterocycles. The third-order valence-electron chi connectivity index (χ3n) is 6.07. The standard InChI is InChI=1S/C19H22N8O2S/c1-2-30(28,29)26-10-19(11-26,5-6-20)27-15-4-7-21-9-14(15)17(25-27)16-13-3-8-22-18(13)24-12-23-16/h3,8,12,21H,2,4-5,7,9-11H2,1H3,(H,22,23,24). The van der Waals surface area contributed by atoms with E-state index in [0.29, 0.717) is 6.54 Å². The van der Waals surface area contributed by atoms with Crippen LogP contribution in [0.5, 0.6) is 0 Å². The second-order valence-corrected chi connectivity index (χ2v) is 10.1. The van der Waals surface area contributed by atoms with Gasteiger partial charge in [-0.3, -0.25) is 4.68 Å². The highest BCUT2D eigenvalue weighted by Crippen LogP contribution is 2.39. The molecule has 0 amide bonds. The van der Waals surface area contributed by atoms with Gasteiger partial charge in [-0.15, -0.1) is 0 Å². The predicted octanol–water partition coefficient (Wildman–Crippen LogP) is 0.741. The normalized spacial score (nSPS) is 18.7. The zero-order valence-corrected chi connectivity index (χ0v) is 17.4. The minimum absolute atomic E-state index is 0.0500. The summed E-state index contributed by atoms with van der Waals surface area (Å²) < 4.78 is 28.0. The van der Waals surface area contributed by atoms with Crippen LogP contribution >= 0.6 is 0 Å². The molecule has 0 unspecified atom stereocenters. The Balaban J connectivity index is 1.65. The molecule has 2 aliphatic rings. The molecule has 0 bridgehead atoms. The van der Waals surface area contributed by atoms with Crippen LogP contribution in [-0.4, -0.2) is 62.8 Å². The highest BCUT2D eigenvalue weighted by Gasteiger charge is 2.51. The van der Waals surface area contributed by atoms with Crippen LogP contribution in [0.2, 0.25) is 0 Å². The third kappa shape index (κ3) is 2.75. The van der Waals surface area contributed by atoms with Crippen molar-refractivity contribution in [2.45, 2.75) is 31.8 Å². The summed E-state index contributed by atoms with van der Waals surface area (Å²) >= 11 is 0. The average Bonchev–Trinajstić information content (AvgIpc) is 3.35. The van der Waals surface area contributed by atoms with Crippen molar-refractivity contribution in [2.24, 2.45) is 0 Å². The average molecular weight is 427 g/mol. The first-order valence-corrected chi connectivity index (χ1v) is 11.6. The number of rotatable bonds is 5. The molecule has 1 fully saturated rings. The zero-order chi connectivity index (χ0) is 20.9. The van der Waals surface area contributed by atoms with E-state index in [2.05, 4.69) is 26.3 Å². The van der Waals surface area contributed by atoms with Gasteiger partial charge in [0, 0.05) is 55.4 Å². The van der Waals surface area contributed by atoms with Crippen LogP contribution in [0, 0.1) is 11.3 Å². The minimum atomic E-state index is -3.30. The van der Waals surface area contributed by atoms with Gasteiger partial charge in [0.05, 0.1) is 18.2 Å². The Morgan fingerprint density at radius 1 is 1.30 bits per heavy atom. The van der Waals surface area contributed by atoms with Crippen molar-refractivity contribution in [3.63, 3.8) is 0 Å². The fourth-order valence-electron chi connectivity index (χ4n) is 4.45. The molecular formula is C19H22N8O2S. The predicted molar refractivity (Wildman–Crippen MR) is 110 cm³/mol. The first-order valence-electron chi connectivity index (χ1n) is 9.94. The number of aromatic nitrogens is 5. The Morgan fingerprint density at radius 2 is 2.13 bits per heavy atom. The molecule has 0 saturated carbocycles. The number of hydrogen-bond donors (Lipinski definition) is 2. The minimum Gasteiger partial charge on any atom is -0.346 e. The fourth-order valence-corrected chi connectivity index (χ4v) is 5.69. The fraction of sp³-hybridized carbons (Fsp3) is 0.474. The number of nitriles is 1. The summed E-state index contributed by atoms with van der Waals surface area (Å²) in [6.07, 6.45) is 4.30. The molecule has 1 saturated heterocycles. The lowest BCUT2D eigenvalue weighted by Gasteiger charge is -2.48. The largest absolute Gasteiger partial charge is 0.346 e. The van der Waals surface area contributed by atoms with Gasteiger partial charge in [0.15, 0.2) is 0 Å². The van der Waals surface area contributed by atoms with Crippen molar-refractivity contribution in [1.82, 2.24) is 34.4 Å². The van der Waals surface area contributed by atoms with Crippen LogP contribution in [0.3, 0.4) is 0 Å². The zero-order valence-electron chi connectivity index (χ0n) is 16.6. The topological polar surface area (TPSA) is 133 Å². The van der Waals surface area contributed by atoms with Crippen LogP contribution in [0.15, 0.2) is 18.6 Å². The van der Waals surface area contributed by atoms with Crippen LogP contribution in [0.25, 0.3) is 22.4 Å². The molecule has 5 heterocycles. The number of hydrogen-bond acceptors (Lipinski definition) is 7. The molecule has 0 radical (unpaired) electrons. The smallest absolute Gasteiger partial charge is 0.213 e. The lowest BCUT2D eigenvalue weighted by Crippen LogP contribution is -2.65. The van der Waals surface area contributed by atoms with Crippen molar-refractivity contribution < 1.29 is 8.42 Å². The summed E-state index contributed by atoms with van der Waals surface area (Å²) in [6.45, 7) is 3.62. The molecule has 2 N–H and O–H groups in total. The number of fused-ring (bicyclic) bond motifs is 2. The van der Waals surface area contributed by atoms with Gasteiger partial charge in [-0.25, -0.2) is 18.4 Å². The van der Waals surface area contributed by atoms with Gasteiger partial charge < -0.3 is 10.3 Å². The van der Waals surface area contributed by atoms with Crippen molar-refractivity contribution in [3.05, 3.63) is 29.8 Å². The van der Waals surface area contributed by atoms with Crippen molar-refractivity contribution in [2.75, 3.05) is 25.4 Å². The Hall–Kier alpha value is -2.81. The van der Waals surface area contributed by atoms with Gasteiger partial charge in [0.2, 0.25) is 10.0 Å². The van der Waals surface area contributed by atoms with E-state index in [9.17, 15) is 13.7 Å². The van der Waals surface area contributed by atoms with E-state index in [1.165, 1.54) is 10.6 Å². The van der Waals surface area contributed by atoms with E-state index < -0.39 is 15.6 Å². The Kier molecular flexibility index (Phi) is 4.39. The third-order valence-corrected chi connectivity index (χ3v) is 7.84. The first kappa shape index (κ1) is 19.2. The van der Waals surface area contributed by atoms with Crippen LogP contribution in [0.4, 0.5) is 0 Å². The molecule has 10 nitrogen and oxygen atoms in total. The van der Waals surface area contributed by atoms with E-state index >= 15 is 0 Å². The van der Waals surface area contributed by atoms with Crippen molar-refractivity contribution in [3.8, 4) is 17.5 Å².